The standard InChI is InChI=1S/C23H29FN2O3S/c1-14(2)22-25-17(13-30-22)11-26-9-7-15(8-10-26)12-29-19-6-5-18(23(27)28)21(24)20(19)16-3-4-16/h5-6,13-16H,3-4,7-12H2,1-2H3,(H,27,28). The van der Waals surface area contributed by atoms with Gasteiger partial charge in [-0.1, -0.05) is 13.8 Å². The van der Waals surface area contributed by atoms with Gasteiger partial charge in [0.2, 0.25) is 0 Å². The molecule has 30 heavy (non-hydrogen) atoms. The lowest BCUT2D eigenvalue weighted by molar-refractivity contribution is 0.0691. The molecule has 0 amide bonds. The molecule has 0 atom stereocenters. The normalized spacial score (nSPS) is 18.1. The first-order valence-corrected chi connectivity index (χ1v) is 11.7. The number of thiazole rings is 1. The predicted molar refractivity (Wildman–Crippen MR) is 115 cm³/mol. The van der Waals surface area contributed by atoms with Crippen LogP contribution in [0.5, 0.6) is 5.75 Å². The summed E-state index contributed by atoms with van der Waals surface area (Å²) in [6, 6.07) is 2.95. The van der Waals surface area contributed by atoms with Gasteiger partial charge in [-0.05, 0) is 62.7 Å². The number of carboxylic acid groups (broad SMARTS) is 1. The van der Waals surface area contributed by atoms with Crippen molar-refractivity contribution in [2.75, 3.05) is 19.7 Å². The molecule has 7 heteroatoms. The third-order valence-electron chi connectivity index (χ3n) is 5.99. The third-order valence-corrected chi connectivity index (χ3v) is 7.18. The van der Waals surface area contributed by atoms with E-state index in [4.69, 9.17) is 9.72 Å². The summed E-state index contributed by atoms with van der Waals surface area (Å²) in [5.41, 5.74) is 1.35. The molecule has 1 saturated heterocycles. The molecule has 1 N–H and O–H groups in total. The van der Waals surface area contributed by atoms with E-state index in [1.54, 1.807) is 17.4 Å². The van der Waals surface area contributed by atoms with Crippen LogP contribution in [0.2, 0.25) is 0 Å². The van der Waals surface area contributed by atoms with Crippen LogP contribution >= 0.6 is 11.3 Å². The van der Waals surface area contributed by atoms with Gasteiger partial charge in [0.15, 0.2) is 0 Å². The fourth-order valence-electron chi connectivity index (χ4n) is 4.03. The van der Waals surface area contributed by atoms with E-state index in [1.165, 1.54) is 11.1 Å². The summed E-state index contributed by atoms with van der Waals surface area (Å²) in [5.74, 6) is -0.338. The van der Waals surface area contributed by atoms with Crippen LogP contribution in [0.1, 0.15) is 78.0 Å². The largest absolute Gasteiger partial charge is 0.493 e. The van der Waals surface area contributed by atoms with Crippen LogP contribution in [0.25, 0.3) is 0 Å². The van der Waals surface area contributed by atoms with Gasteiger partial charge in [0, 0.05) is 23.4 Å². The Balaban J connectivity index is 1.30. The molecule has 2 aromatic rings. The molecule has 0 bridgehead atoms. The lowest BCUT2D eigenvalue weighted by Crippen LogP contribution is -2.35. The number of benzene rings is 1. The quantitative estimate of drug-likeness (QED) is 0.615. The van der Waals surface area contributed by atoms with E-state index in [2.05, 4.69) is 24.1 Å². The molecule has 1 aliphatic carbocycles. The number of hydrogen-bond acceptors (Lipinski definition) is 5. The first-order chi connectivity index (χ1) is 14.4. The van der Waals surface area contributed by atoms with Crippen LogP contribution in [0.4, 0.5) is 4.39 Å². The Morgan fingerprint density at radius 3 is 2.63 bits per heavy atom. The van der Waals surface area contributed by atoms with Crippen LogP contribution in [0.15, 0.2) is 17.5 Å². The van der Waals surface area contributed by atoms with E-state index in [9.17, 15) is 14.3 Å². The summed E-state index contributed by atoms with van der Waals surface area (Å²) in [5, 5.41) is 12.5. The minimum absolute atomic E-state index is 0.0926. The Kier molecular flexibility index (Phi) is 6.39. The number of halogens is 1. The van der Waals surface area contributed by atoms with Gasteiger partial charge in [-0.2, -0.15) is 0 Å². The van der Waals surface area contributed by atoms with Crippen molar-refractivity contribution in [3.63, 3.8) is 0 Å². The van der Waals surface area contributed by atoms with E-state index in [0.717, 1.165) is 51.0 Å². The summed E-state index contributed by atoms with van der Waals surface area (Å²) in [7, 11) is 0. The molecular formula is C23H29FN2O3S. The van der Waals surface area contributed by atoms with Crippen LogP contribution in [-0.2, 0) is 6.54 Å². The van der Waals surface area contributed by atoms with Gasteiger partial charge in [-0.3, -0.25) is 4.90 Å². The first kappa shape index (κ1) is 21.2. The number of aromatic nitrogens is 1. The van der Waals surface area contributed by atoms with Crippen molar-refractivity contribution in [3.05, 3.63) is 45.2 Å². The van der Waals surface area contributed by atoms with Gasteiger partial charge in [0.05, 0.1) is 22.9 Å². The number of hydrogen-bond donors (Lipinski definition) is 1. The van der Waals surface area contributed by atoms with Crippen molar-refractivity contribution >= 4 is 17.3 Å². The van der Waals surface area contributed by atoms with Crippen molar-refractivity contribution in [1.82, 2.24) is 9.88 Å². The van der Waals surface area contributed by atoms with Crippen molar-refractivity contribution in [2.24, 2.45) is 5.92 Å². The monoisotopic (exact) mass is 432 g/mol. The minimum atomic E-state index is -1.23. The Morgan fingerprint density at radius 2 is 2.03 bits per heavy atom. The molecule has 0 unspecified atom stereocenters. The smallest absolute Gasteiger partial charge is 0.338 e. The van der Waals surface area contributed by atoms with E-state index in [0.29, 0.717) is 29.8 Å². The van der Waals surface area contributed by atoms with Gasteiger partial charge in [-0.25, -0.2) is 14.2 Å². The minimum Gasteiger partial charge on any atom is -0.493 e. The molecule has 4 rings (SSSR count). The van der Waals surface area contributed by atoms with Gasteiger partial charge >= 0.3 is 5.97 Å². The van der Waals surface area contributed by atoms with E-state index in [1.807, 2.05) is 0 Å². The van der Waals surface area contributed by atoms with Crippen LogP contribution in [0.3, 0.4) is 0 Å². The molecule has 2 heterocycles. The molecule has 1 aromatic heterocycles. The SMILES string of the molecule is CC(C)c1nc(CN2CCC(COc3ccc(C(=O)O)c(F)c3C3CC3)CC2)cs1. The number of nitrogens with zero attached hydrogens (tertiary/aromatic N) is 2. The van der Waals surface area contributed by atoms with Crippen LogP contribution in [-0.4, -0.2) is 40.7 Å². The van der Waals surface area contributed by atoms with E-state index < -0.39 is 11.8 Å². The number of aromatic carboxylic acids is 1. The van der Waals surface area contributed by atoms with Crippen LogP contribution < -0.4 is 4.74 Å². The molecule has 1 saturated carbocycles. The Morgan fingerprint density at radius 1 is 1.30 bits per heavy atom. The fraction of sp³-hybridized carbons (Fsp3) is 0.565. The van der Waals surface area contributed by atoms with Crippen molar-refractivity contribution < 1.29 is 19.0 Å². The highest BCUT2D eigenvalue weighted by atomic mass is 32.1. The maximum atomic E-state index is 14.7. The molecule has 0 radical (unpaired) electrons. The summed E-state index contributed by atoms with van der Waals surface area (Å²) in [6.45, 7) is 7.79. The molecule has 0 spiro atoms. The number of carboxylic acids is 1. The first-order valence-electron chi connectivity index (χ1n) is 10.8. The molecule has 1 aliphatic heterocycles. The average Bonchev–Trinajstić information content (AvgIpc) is 3.44. The topological polar surface area (TPSA) is 62.7 Å². The highest BCUT2D eigenvalue weighted by molar-refractivity contribution is 7.09. The third kappa shape index (κ3) is 4.83. The predicted octanol–water partition coefficient (Wildman–Crippen LogP) is 5.27. The molecular weight excluding hydrogens is 403 g/mol. The highest BCUT2D eigenvalue weighted by Gasteiger charge is 2.33. The summed E-state index contributed by atoms with van der Waals surface area (Å²) < 4.78 is 20.7. The number of ether oxygens (including phenoxy) is 1. The molecule has 2 fully saturated rings. The zero-order chi connectivity index (χ0) is 21.3. The Hall–Kier alpha value is -1.99. The summed E-state index contributed by atoms with van der Waals surface area (Å²) in [6.07, 6.45) is 3.86. The molecule has 1 aromatic carbocycles. The Bertz CT molecular complexity index is 902. The van der Waals surface area contributed by atoms with Crippen LogP contribution in [0, 0.1) is 11.7 Å². The van der Waals surface area contributed by atoms with Crippen molar-refractivity contribution in [1.29, 1.82) is 0 Å². The van der Waals surface area contributed by atoms with Crippen molar-refractivity contribution in [2.45, 2.75) is 57.9 Å². The van der Waals surface area contributed by atoms with Gasteiger partial charge < -0.3 is 9.84 Å². The van der Waals surface area contributed by atoms with Gasteiger partial charge in [-0.15, -0.1) is 11.3 Å². The second-order valence-electron chi connectivity index (χ2n) is 8.78. The summed E-state index contributed by atoms with van der Waals surface area (Å²) in [4.78, 5) is 18.4. The molecule has 5 nitrogen and oxygen atoms in total. The second-order valence-corrected chi connectivity index (χ2v) is 9.67. The number of carbonyl (C=O) groups is 1. The lowest BCUT2D eigenvalue weighted by atomic mass is 9.97. The van der Waals surface area contributed by atoms with E-state index in [-0.39, 0.29) is 11.5 Å². The second kappa shape index (κ2) is 9.02. The zero-order valence-corrected chi connectivity index (χ0v) is 18.4. The summed E-state index contributed by atoms with van der Waals surface area (Å²) >= 11 is 1.74. The maximum absolute atomic E-state index is 14.7. The lowest BCUT2D eigenvalue weighted by Gasteiger charge is -2.31. The molecule has 2 aliphatic rings. The maximum Gasteiger partial charge on any atom is 0.338 e. The average molecular weight is 433 g/mol. The number of piperidine rings is 1. The van der Waals surface area contributed by atoms with Gasteiger partial charge in [0.1, 0.15) is 11.6 Å². The Labute approximate surface area is 180 Å². The van der Waals surface area contributed by atoms with Crippen molar-refractivity contribution in [3.8, 4) is 5.75 Å². The van der Waals surface area contributed by atoms with Gasteiger partial charge in [0.25, 0.3) is 0 Å². The van der Waals surface area contributed by atoms with E-state index >= 15 is 0 Å². The number of likely N-dealkylation sites (tertiary alicyclic amines) is 1. The fourth-order valence-corrected chi connectivity index (χ4v) is 4.85. The zero-order valence-electron chi connectivity index (χ0n) is 17.6. The number of rotatable bonds is 8. The molecule has 162 valence electrons. The highest BCUT2D eigenvalue weighted by Crippen LogP contribution is 2.46.